The first-order chi connectivity index (χ1) is 7.27. The number of hydrogen-bond acceptors (Lipinski definition) is 3. The molecule has 2 rings (SSSR count). The normalized spacial score (nSPS) is 11.7. The Morgan fingerprint density at radius 1 is 1.33 bits per heavy atom. The highest BCUT2D eigenvalue weighted by molar-refractivity contribution is 5.16. The molecule has 0 atom stereocenters. The van der Waals surface area contributed by atoms with E-state index in [9.17, 15) is 0 Å². The lowest BCUT2D eigenvalue weighted by atomic mass is 10.5. The zero-order valence-electron chi connectivity index (χ0n) is 8.70. The second kappa shape index (κ2) is 4.00. The van der Waals surface area contributed by atoms with Gasteiger partial charge in [-0.3, -0.25) is 4.98 Å². The van der Waals surface area contributed by atoms with Crippen LogP contribution in [0.3, 0.4) is 0 Å². The fourth-order valence-corrected chi connectivity index (χ4v) is 1.18. The molecule has 5 nitrogen and oxygen atoms in total. The summed E-state index contributed by atoms with van der Waals surface area (Å²) in [5, 5.41) is 0. The fourth-order valence-electron chi connectivity index (χ4n) is 1.18. The Hall–Kier alpha value is -2.04. The summed E-state index contributed by atoms with van der Waals surface area (Å²) in [6.07, 6.45) is 8.75. The molecule has 0 spiro atoms. The van der Waals surface area contributed by atoms with E-state index < -0.39 is 0 Å². The second-order valence-electron chi connectivity index (χ2n) is 3.21. The van der Waals surface area contributed by atoms with E-state index in [4.69, 9.17) is 0 Å². The van der Waals surface area contributed by atoms with E-state index in [-0.39, 0.29) is 0 Å². The maximum Gasteiger partial charge on any atom is 0.267 e. The predicted molar refractivity (Wildman–Crippen MR) is 53.8 cm³/mol. The van der Waals surface area contributed by atoms with Crippen molar-refractivity contribution in [3.8, 4) is 0 Å². The van der Waals surface area contributed by atoms with Gasteiger partial charge in [0.05, 0.1) is 13.2 Å². The molecule has 0 saturated heterocycles. The maximum absolute atomic E-state index is 4.46. The van der Waals surface area contributed by atoms with E-state index in [0.717, 1.165) is 11.3 Å². The first-order valence-electron chi connectivity index (χ1n) is 4.58. The van der Waals surface area contributed by atoms with Gasteiger partial charge in [-0.25, -0.2) is 4.57 Å². The number of aryl methyl sites for hydroxylation is 2. The Bertz CT molecular complexity index is 529. The molecular weight excluding hydrogens is 190 g/mol. The molecule has 0 saturated carbocycles. The lowest BCUT2D eigenvalue weighted by molar-refractivity contribution is -0.661. The van der Waals surface area contributed by atoms with Gasteiger partial charge in [-0.2, -0.15) is 0 Å². The molecule has 0 aromatic carbocycles. The van der Waals surface area contributed by atoms with Crippen LogP contribution in [0.4, 0.5) is 5.82 Å². The smallest absolute Gasteiger partial charge is 0.267 e. The average molecular weight is 202 g/mol. The van der Waals surface area contributed by atoms with E-state index in [1.54, 1.807) is 24.9 Å². The summed E-state index contributed by atoms with van der Waals surface area (Å²) in [5.41, 5.74) is 0.805. The van der Waals surface area contributed by atoms with E-state index in [0.29, 0.717) is 0 Å². The van der Waals surface area contributed by atoms with Crippen LogP contribution in [0.25, 0.3) is 0 Å². The zero-order chi connectivity index (χ0) is 10.7. The Kier molecular flexibility index (Phi) is 2.53. The van der Waals surface area contributed by atoms with Crippen LogP contribution >= 0.6 is 0 Å². The molecule has 0 N–H and O–H groups in total. The third-order valence-corrected chi connectivity index (χ3v) is 2.07. The Morgan fingerprint density at radius 2 is 2.20 bits per heavy atom. The topological polar surface area (TPSA) is 47.0 Å². The van der Waals surface area contributed by atoms with Crippen molar-refractivity contribution >= 4 is 5.82 Å². The van der Waals surface area contributed by atoms with E-state index in [2.05, 4.69) is 15.0 Å². The second-order valence-corrected chi connectivity index (χ2v) is 3.21. The summed E-state index contributed by atoms with van der Waals surface area (Å²) < 4.78 is 3.76. The molecule has 2 aromatic heterocycles. The first kappa shape index (κ1) is 9.51. The van der Waals surface area contributed by atoms with Crippen LogP contribution in [0.15, 0.2) is 42.2 Å². The Labute approximate surface area is 87.4 Å². The molecule has 0 aliphatic rings. The highest BCUT2D eigenvalue weighted by Gasteiger charge is 2.01. The van der Waals surface area contributed by atoms with Crippen LogP contribution in [0, 0.1) is 0 Å². The lowest BCUT2D eigenvalue weighted by Crippen LogP contribution is -2.29. The van der Waals surface area contributed by atoms with Crippen LogP contribution < -0.4 is 10.1 Å². The monoisotopic (exact) mass is 202 g/mol. The van der Waals surface area contributed by atoms with Gasteiger partial charge in [0.2, 0.25) is 11.8 Å². The van der Waals surface area contributed by atoms with Crippen molar-refractivity contribution in [1.82, 2.24) is 14.5 Å². The van der Waals surface area contributed by atoms with Crippen LogP contribution in [-0.4, -0.2) is 14.5 Å². The molecule has 0 fully saturated rings. The quantitative estimate of drug-likeness (QED) is 0.605. The number of nitrogens with zero attached hydrogens (tertiary/aromatic N) is 5. The third kappa shape index (κ3) is 2.07. The summed E-state index contributed by atoms with van der Waals surface area (Å²) in [4.78, 5) is 12.5. The lowest BCUT2D eigenvalue weighted by Gasteiger charge is -1.95. The van der Waals surface area contributed by atoms with Gasteiger partial charge in [-0.1, -0.05) is 4.99 Å². The van der Waals surface area contributed by atoms with Crippen molar-refractivity contribution in [3.05, 3.63) is 42.7 Å². The SMILES string of the molecule is Cn1ccncc1=Nc1ccnc[n+]1C. The maximum atomic E-state index is 4.46. The summed E-state index contributed by atoms with van der Waals surface area (Å²) in [5.74, 6) is 0.841. The minimum atomic E-state index is 0.805. The average Bonchev–Trinajstić information content (AvgIpc) is 2.24. The number of hydrogen-bond donors (Lipinski definition) is 0. The molecule has 5 heteroatoms. The predicted octanol–water partition coefficient (Wildman–Crippen LogP) is -0.128. The zero-order valence-corrected chi connectivity index (χ0v) is 8.70. The van der Waals surface area contributed by atoms with Gasteiger partial charge in [0.25, 0.3) is 5.82 Å². The van der Waals surface area contributed by atoms with Crippen molar-refractivity contribution in [1.29, 1.82) is 0 Å². The molecule has 0 unspecified atom stereocenters. The van der Waals surface area contributed by atoms with Gasteiger partial charge in [-0.15, -0.1) is 4.98 Å². The molecule has 0 bridgehead atoms. The summed E-state index contributed by atoms with van der Waals surface area (Å²) in [6.45, 7) is 0. The molecule has 0 aliphatic carbocycles. The molecule has 15 heavy (non-hydrogen) atoms. The van der Waals surface area contributed by atoms with Gasteiger partial charge in [-0.05, 0) is 0 Å². The highest BCUT2D eigenvalue weighted by atomic mass is 15.1. The van der Waals surface area contributed by atoms with Crippen molar-refractivity contribution in [2.45, 2.75) is 0 Å². The summed E-state index contributed by atoms with van der Waals surface area (Å²) in [7, 11) is 3.84. The molecule has 2 aromatic rings. The fraction of sp³-hybridized carbons (Fsp3) is 0.200. The summed E-state index contributed by atoms with van der Waals surface area (Å²) >= 11 is 0. The molecule has 2 heterocycles. The summed E-state index contributed by atoms with van der Waals surface area (Å²) in [6, 6.07) is 1.85. The van der Waals surface area contributed by atoms with Gasteiger partial charge in [0.15, 0.2) is 0 Å². The first-order valence-corrected chi connectivity index (χ1v) is 4.58. The van der Waals surface area contributed by atoms with Crippen LogP contribution in [0.1, 0.15) is 0 Å². The van der Waals surface area contributed by atoms with Gasteiger partial charge < -0.3 is 4.57 Å². The minimum absolute atomic E-state index is 0.805. The largest absolute Gasteiger partial charge is 0.320 e. The standard InChI is InChI=1S/C10H12N5/c1-14-6-5-11-7-10(14)13-9-3-4-12-8-15(9)2/h3-8H,1-2H3/q+1. The minimum Gasteiger partial charge on any atom is -0.320 e. The van der Waals surface area contributed by atoms with Crippen LogP contribution in [-0.2, 0) is 14.1 Å². The van der Waals surface area contributed by atoms with Gasteiger partial charge in [0, 0.05) is 25.5 Å². The Morgan fingerprint density at radius 3 is 2.93 bits per heavy atom. The molecule has 0 aliphatic heterocycles. The number of aromatic nitrogens is 4. The molecule has 0 amide bonds. The highest BCUT2D eigenvalue weighted by Crippen LogP contribution is 1.98. The third-order valence-electron chi connectivity index (χ3n) is 2.07. The van der Waals surface area contributed by atoms with Crippen molar-refractivity contribution in [3.63, 3.8) is 0 Å². The Balaban J connectivity index is 2.57. The van der Waals surface area contributed by atoms with Crippen molar-refractivity contribution < 1.29 is 4.57 Å². The molecular formula is C10H12N5+. The van der Waals surface area contributed by atoms with Gasteiger partial charge >= 0.3 is 0 Å². The van der Waals surface area contributed by atoms with Crippen LogP contribution in [0.5, 0.6) is 0 Å². The van der Waals surface area contributed by atoms with E-state index in [1.165, 1.54) is 0 Å². The molecule has 0 radical (unpaired) electrons. The van der Waals surface area contributed by atoms with Gasteiger partial charge in [0.1, 0.15) is 6.20 Å². The van der Waals surface area contributed by atoms with E-state index >= 15 is 0 Å². The number of rotatable bonds is 1. The van der Waals surface area contributed by atoms with Crippen molar-refractivity contribution in [2.24, 2.45) is 19.1 Å². The molecule has 76 valence electrons. The van der Waals surface area contributed by atoms with Crippen molar-refractivity contribution in [2.75, 3.05) is 0 Å². The van der Waals surface area contributed by atoms with E-state index in [1.807, 2.05) is 35.5 Å². The van der Waals surface area contributed by atoms with Crippen LogP contribution in [0.2, 0.25) is 0 Å².